The van der Waals surface area contributed by atoms with Crippen molar-refractivity contribution in [1.29, 1.82) is 0 Å². The van der Waals surface area contributed by atoms with Crippen molar-refractivity contribution in [2.24, 2.45) is 0 Å². The highest BCUT2D eigenvalue weighted by molar-refractivity contribution is 7.89. The smallest absolute Gasteiger partial charge is 0.346 e. The summed E-state index contributed by atoms with van der Waals surface area (Å²) in [5, 5.41) is -2.16. The molecule has 170 valence electrons. The van der Waals surface area contributed by atoms with Crippen molar-refractivity contribution in [2.45, 2.75) is 57.6 Å². The van der Waals surface area contributed by atoms with E-state index in [4.69, 9.17) is 13.8 Å². The van der Waals surface area contributed by atoms with Crippen molar-refractivity contribution >= 4 is 29.4 Å². The molecule has 0 aromatic heterocycles. The fourth-order valence-corrected chi connectivity index (χ4v) is 6.28. The lowest BCUT2D eigenvalue weighted by atomic mass is 9.97. The van der Waals surface area contributed by atoms with Gasteiger partial charge in [-0.15, -0.1) is 0 Å². The van der Waals surface area contributed by atoms with Gasteiger partial charge in [-0.05, 0) is 53.7 Å². The molecule has 0 aliphatic heterocycles. The predicted molar refractivity (Wildman–Crippen MR) is 112 cm³/mol. The summed E-state index contributed by atoms with van der Waals surface area (Å²) in [7, 11) is -8.58. The number of carbonyl (C=O) groups is 2. The van der Waals surface area contributed by atoms with Gasteiger partial charge >= 0.3 is 13.6 Å². The molecule has 9 nitrogen and oxygen atoms in total. The highest BCUT2D eigenvalue weighted by Crippen LogP contribution is 2.62. The second-order valence-electron chi connectivity index (χ2n) is 6.66. The Hall–Kier alpha value is -1.58. The molecule has 0 bridgehead atoms. The molecule has 30 heavy (non-hydrogen) atoms. The number of ketones is 1. The molecule has 2 atom stereocenters. The number of nitrogens with one attached hydrogen (secondary N) is 1. The summed E-state index contributed by atoms with van der Waals surface area (Å²) in [5.41, 5.74) is 0.835. The van der Waals surface area contributed by atoms with Crippen LogP contribution in [0.2, 0.25) is 0 Å². The van der Waals surface area contributed by atoms with E-state index in [2.05, 4.69) is 4.72 Å². The highest BCUT2D eigenvalue weighted by Gasteiger charge is 2.60. The minimum absolute atomic E-state index is 0.0802. The number of hydrogen-bond donors (Lipinski definition) is 1. The molecular formula is C19H30NO8PS. The van der Waals surface area contributed by atoms with Gasteiger partial charge in [-0.3, -0.25) is 14.2 Å². The number of carbonyl (C=O) groups excluding carboxylic acids is 2. The van der Waals surface area contributed by atoms with Crippen molar-refractivity contribution in [3.05, 3.63) is 29.8 Å². The molecule has 11 heteroatoms. The first-order valence-corrected chi connectivity index (χ1v) is 12.6. The van der Waals surface area contributed by atoms with Crippen LogP contribution in [0.25, 0.3) is 0 Å². The van der Waals surface area contributed by atoms with Crippen LogP contribution in [0.4, 0.5) is 0 Å². The van der Waals surface area contributed by atoms with E-state index in [1.807, 2.05) is 0 Å². The zero-order chi connectivity index (χ0) is 23.2. The molecule has 0 aliphatic carbocycles. The third kappa shape index (κ3) is 5.56. The van der Waals surface area contributed by atoms with Gasteiger partial charge in [-0.25, -0.2) is 8.42 Å². The minimum atomic E-state index is -4.29. The molecule has 0 saturated carbocycles. The summed E-state index contributed by atoms with van der Waals surface area (Å²) in [5.74, 6) is -1.82. The first kappa shape index (κ1) is 26.5. The van der Waals surface area contributed by atoms with Gasteiger partial charge in [0, 0.05) is 0 Å². The molecule has 1 aromatic carbocycles. The second kappa shape index (κ2) is 10.6. The normalized spacial score (nSPS) is 15.3. The quantitative estimate of drug-likeness (QED) is 0.371. The number of hydrogen-bond acceptors (Lipinski definition) is 8. The largest absolute Gasteiger partial charge is 0.465 e. The lowest BCUT2D eigenvalue weighted by Gasteiger charge is -2.38. The first-order valence-electron chi connectivity index (χ1n) is 9.55. The fourth-order valence-electron chi connectivity index (χ4n) is 2.76. The monoisotopic (exact) mass is 463 g/mol. The molecule has 0 fully saturated rings. The van der Waals surface area contributed by atoms with Crippen LogP contribution in [-0.4, -0.2) is 51.2 Å². The number of aryl methyl sites for hydroxylation is 1. The fraction of sp³-hybridized carbons (Fsp3) is 0.579. The van der Waals surface area contributed by atoms with E-state index in [0.29, 0.717) is 0 Å². The highest BCUT2D eigenvalue weighted by atomic mass is 32.2. The average molecular weight is 463 g/mol. The number of Topliss-reactive ketones (excluding diaryl/α,β-unsaturated/α-hetero) is 1. The standard InChI is InChI=1S/C19H30NO8PS/c1-7-26-18(22)17(20-30(24,25)16-12-10-14(4)11-13-16)19(6,15(5)21)29(23,27-8-2)28-9-3/h10-13,17,20H,7-9H2,1-6H3/t17-,19+/m1/s1. The lowest BCUT2D eigenvalue weighted by molar-refractivity contribution is -0.147. The number of ether oxygens (including phenoxy) is 1. The zero-order valence-electron chi connectivity index (χ0n) is 18.1. The van der Waals surface area contributed by atoms with Crippen molar-refractivity contribution in [2.75, 3.05) is 19.8 Å². The van der Waals surface area contributed by atoms with E-state index in [0.717, 1.165) is 12.5 Å². The van der Waals surface area contributed by atoms with Crippen LogP contribution in [0.5, 0.6) is 0 Å². The molecule has 0 amide bonds. The number of rotatable bonds is 12. The van der Waals surface area contributed by atoms with Crippen LogP contribution in [0.3, 0.4) is 0 Å². The van der Waals surface area contributed by atoms with Gasteiger partial charge in [0.05, 0.1) is 24.7 Å². The summed E-state index contributed by atoms with van der Waals surface area (Å²) in [6.07, 6.45) is 0. The van der Waals surface area contributed by atoms with Gasteiger partial charge in [-0.1, -0.05) is 17.7 Å². The van der Waals surface area contributed by atoms with Crippen LogP contribution in [-0.2, 0) is 38.0 Å². The maximum Gasteiger partial charge on any atom is 0.346 e. The molecule has 1 N–H and O–H groups in total. The minimum Gasteiger partial charge on any atom is -0.465 e. The molecule has 0 saturated heterocycles. The Labute approximate surface area is 178 Å². The second-order valence-corrected chi connectivity index (χ2v) is 10.8. The van der Waals surface area contributed by atoms with Gasteiger partial charge in [0.2, 0.25) is 10.0 Å². The Kier molecular flexibility index (Phi) is 9.38. The molecule has 1 aromatic rings. The Bertz CT molecular complexity index is 890. The van der Waals surface area contributed by atoms with Crippen LogP contribution in [0, 0.1) is 6.92 Å². The van der Waals surface area contributed by atoms with Crippen LogP contribution >= 0.6 is 7.60 Å². The molecule has 0 radical (unpaired) electrons. The van der Waals surface area contributed by atoms with E-state index >= 15 is 0 Å². The summed E-state index contributed by atoms with van der Waals surface area (Å²) in [6.45, 7) is 8.43. The molecular weight excluding hydrogens is 433 g/mol. The van der Waals surface area contributed by atoms with Gasteiger partial charge in [0.25, 0.3) is 0 Å². The SMILES string of the molecule is CCOC(=O)[C@@H](NS(=O)(=O)c1ccc(C)cc1)[C@](C)(C(C)=O)P(=O)(OCC)OCC. The van der Waals surface area contributed by atoms with E-state index in [1.165, 1.54) is 26.0 Å². The molecule has 1 rings (SSSR count). The van der Waals surface area contributed by atoms with Crippen LogP contribution in [0.1, 0.15) is 40.2 Å². The van der Waals surface area contributed by atoms with Crippen molar-refractivity contribution in [3.63, 3.8) is 0 Å². The number of esters is 1. The molecule has 0 unspecified atom stereocenters. The van der Waals surface area contributed by atoms with Crippen molar-refractivity contribution in [3.8, 4) is 0 Å². The van der Waals surface area contributed by atoms with Gasteiger partial charge in [-0.2, -0.15) is 4.72 Å². The maximum atomic E-state index is 13.6. The zero-order valence-corrected chi connectivity index (χ0v) is 19.8. The molecule has 0 heterocycles. The summed E-state index contributed by atoms with van der Waals surface area (Å²) in [4.78, 5) is 25.4. The van der Waals surface area contributed by atoms with Gasteiger partial charge in [0.1, 0.15) is 11.8 Å². The van der Waals surface area contributed by atoms with E-state index in [1.54, 1.807) is 32.9 Å². The predicted octanol–water partition coefficient (Wildman–Crippen LogP) is 2.82. The Balaban J connectivity index is 3.63. The summed E-state index contributed by atoms with van der Waals surface area (Å²) >= 11 is 0. The maximum absolute atomic E-state index is 13.6. The van der Waals surface area contributed by atoms with E-state index in [9.17, 15) is 22.6 Å². The topological polar surface area (TPSA) is 125 Å². The van der Waals surface area contributed by atoms with E-state index < -0.39 is 40.6 Å². The van der Waals surface area contributed by atoms with E-state index in [-0.39, 0.29) is 24.7 Å². The summed E-state index contributed by atoms with van der Waals surface area (Å²) in [6, 6.07) is 4.04. The lowest BCUT2D eigenvalue weighted by Crippen LogP contribution is -2.59. The van der Waals surface area contributed by atoms with Crippen molar-refractivity contribution in [1.82, 2.24) is 4.72 Å². The Morgan fingerprint density at radius 3 is 1.97 bits per heavy atom. The average Bonchev–Trinajstić information content (AvgIpc) is 2.66. The Morgan fingerprint density at radius 1 is 1.07 bits per heavy atom. The molecule has 0 spiro atoms. The number of sulfonamides is 1. The third-order valence-electron chi connectivity index (χ3n) is 4.57. The van der Waals surface area contributed by atoms with Gasteiger partial charge in [0.15, 0.2) is 5.16 Å². The van der Waals surface area contributed by atoms with Crippen LogP contribution in [0.15, 0.2) is 29.2 Å². The first-order chi connectivity index (χ1) is 13.9. The Morgan fingerprint density at radius 2 is 1.57 bits per heavy atom. The summed E-state index contributed by atoms with van der Waals surface area (Å²) < 4.78 is 57.4. The number of benzene rings is 1. The third-order valence-corrected chi connectivity index (χ3v) is 8.91. The van der Waals surface area contributed by atoms with Crippen molar-refractivity contribution < 1.29 is 36.4 Å². The van der Waals surface area contributed by atoms with Crippen LogP contribution < -0.4 is 4.72 Å². The van der Waals surface area contributed by atoms with Gasteiger partial charge < -0.3 is 13.8 Å². The molecule has 0 aliphatic rings.